The number of fused-ring (bicyclic) bond motifs is 1. The van der Waals surface area contributed by atoms with Crippen LogP contribution in [0.25, 0.3) is 11.0 Å². The van der Waals surface area contributed by atoms with Crippen molar-refractivity contribution in [2.75, 3.05) is 12.4 Å². The molecule has 0 aliphatic carbocycles. The fourth-order valence-electron chi connectivity index (χ4n) is 2.94. The first kappa shape index (κ1) is 20.0. The average Bonchev–Trinajstić information content (AvgIpc) is 3.07. The van der Waals surface area contributed by atoms with Gasteiger partial charge in [-0.3, -0.25) is 4.79 Å². The van der Waals surface area contributed by atoms with Crippen LogP contribution in [-0.4, -0.2) is 36.1 Å². The summed E-state index contributed by atoms with van der Waals surface area (Å²) in [7, 11) is -2.33. The van der Waals surface area contributed by atoms with Crippen LogP contribution >= 0.6 is 0 Å². The largest absolute Gasteiger partial charge is 0.321 e. The van der Waals surface area contributed by atoms with E-state index in [1.165, 1.54) is 13.1 Å². The highest BCUT2D eigenvalue weighted by atomic mass is 32.2. The van der Waals surface area contributed by atoms with Crippen molar-refractivity contribution in [3.8, 4) is 0 Å². The van der Waals surface area contributed by atoms with Crippen molar-refractivity contribution >= 4 is 32.7 Å². The van der Waals surface area contributed by atoms with Gasteiger partial charge in [0.2, 0.25) is 10.0 Å². The highest BCUT2D eigenvalue weighted by Crippen LogP contribution is 2.23. The van der Waals surface area contributed by atoms with Crippen LogP contribution in [0.4, 0.5) is 5.69 Å². The number of aromatic nitrogens is 3. The van der Waals surface area contributed by atoms with Crippen LogP contribution in [0.2, 0.25) is 0 Å². The van der Waals surface area contributed by atoms with Crippen molar-refractivity contribution in [2.45, 2.75) is 38.6 Å². The number of aryl methyl sites for hydroxylation is 1. The quantitative estimate of drug-likeness (QED) is 0.684. The van der Waals surface area contributed by atoms with E-state index in [1.54, 1.807) is 43.1 Å². The fraction of sp³-hybridized carbons (Fsp3) is 0.316. The first-order chi connectivity index (χ1) is 13.1. The number of pyridine rings is 1. The molecule has 2 aromatic heterocycles. The van der Waals surface area contributed by atoms with E-state index in [4.69, 9.17) is 0 Å². The maximum absolute atomic E-state index is 12.7. The molecule has 9 heteroatoms. The van der Waals surface area contributed by atoms with Crippen molar-refractivity contribution in [1.29, 1.82) is 0 Å². The lowest BCUT2D eigenvalue weighted by molar-refractivity contribution is 0.102. The van der Waals surface area contributed by atoms with E-state index in [9.17, 15) is 13.2 Å². The Balaban J connectivity index is 1.94. The van der Waals surface area contributed by atoms with Crippen LogP contribution < -0.4 is 10.0 Å². The highest BCUT2D eigenvalue weighted by molar-refractivity contribution is 7.89. The second-order valence-electron chi connectivity index (χ2n) is 6.90. The Hall–Kier alpha value is -2.78. The molecule has 0 unspecified atom stereocenters. The predicted molar refractivity (Wildman–Crippen MR) is 108 cm³/mol. The Bertz CT molecular complexity index is 1170. The smallest absolute Gasteiger partial charge is 0.255 e. The number of carbonyl (C=O) groups excluding carboxylic acids is 1. The zero-order chi connectivity index (χ0) is 20.6. The summed E-state index contributed by atoms with van der Waals surface area (Å²) in [4.78, 5) is 17.2. The minimum atomic E-state index is -3.67. The fourth-order valence-corrected chi connectivity index (χ4v) is 4.00. The van der Waals surface area contributed by atoms with E-state index < -0.39 is 15.9 Å². The van der Waals surface area contributed by atoms with E-state index in [-0.39, 0.29) is 16.5 Å². The normalized spacial score (nSPS) is 11.9. The van der Waals surface area contributed by atoms with Gasteiger partial charge < -0.3 is 5.32 Å². The number of rotatable bonds is 5. The Labute approximate surface area is 164 Å². The molecular weight excluding hydrogens is 378 g/mol. The maximum atomic E-state index is 12.7. The molecule has 0 bridgehead atoms. The van der Waals surface area contributed by atoms with Gasteiger partial charge >= 0.3 is 0 Å². The van der Waals surface area contributed by atoms with E-state index >= 15 is 0 Å². The predicted octanol–water partition coefficient (Wildman–Crippen LogP) is 2.79. The van der Waals surface area contributed by atoms with Crippen molar-refractivity contribution in [3.05, 3.63) is 47.3 Å². The van der Waals surface area contributed by atoms with Crippen LogP contribution in [0, 0.1) is 13.8 Å². The van der Waals surface area contributed by atoms with Gasteiger partial charge in [0.25, 0.3) is 5.91 Å². The summed E-state index contributed by atoms with van der Waals surface area (Å²) in [5.41, 5.74) is 2.83. The average molecular weight is 401 g/mol. The number of amides is 1. The Kier molecular flexibility index (Phi) is 5.22. The van der Waals surface area contributed by atoms with Crippen LogP contribution in [-0.2, 0) is 10.0 Å². The van der Waals surface area contributed by atoms with Crippen LogP contribution in [0.15, 0.2) is 35.5 Å². The molecule has 8 nitrogen and oxygen atoms in total. The Morgan fingerprint density at radius 3 is 2.50 bits per heavy atom. The molecule has 0 saturated heterocycles. The summed E-state index contributed by atoms with van der Waals surface area (Å²) in [6, 6.07) is 5.01. The van der Waals surface area contributed by atoms with E-state index in [2.05, 4.69) is 20.1 Å². The number of nitrogens with one attached hydrogen (secondary N) is 2. The van der Waals surface area contributed by atoms with Gasteiger partial charge in [0, 0.05) is 17.0 Å². The molecular formula is C19H23N5O3S. The molecule has 148 valence electrons. The summed E-state index contributed by atoms with van der Waals surface area (Å²) < 4.78 is 28.6. The molecule has 0 spiro atoms. The number of anilines is 1. The Morgan fingerprint density at radius 1 is 1.14 bits per heavy atom. The molecule has 1 amide bonds. The molecule has 0 aliphatic rings. The van der Waals surface area contributed by atoms with Crippen molar-refractivity contribution in [2.24, 2.45) is 0 Å². The second kappa shape index (κ2) is 7.33. The molecule has 0 saturated carbocycles. The first-order valence-corrected chi connectivity index (χ1v) is 10.3. The molecule has 3 aromatic rings. The third-order valence-electron chi connectivity index (χ3n) is 4.62. The number of sulfonamides is 1. The van der Waals surface area contributed by atoms with E-state index in [0.717, 1.165) is 11.0 Å². The van der Waals surface area contributed by atoms with E-state index in [0.29, 0.717) is 16.8 Å². The maximum Gasteiger partial charge on any atom is 0.255 e. The van der Waals surface area contributed by atoms with Crippen molar-refractivity contribution in [1.82, 2.24) is 19.5 Å². The number of benzene rings is 1. The van der Waals surface area contributed by atoms with Crippen molar-refractivity contribution < 1.29 is 13.2 Å². The van der Waals surface area contributed by atoms with Gasteiger partial charge in [-0.25, -0.2) is 22.8 Å². The molecule has 28 heavy (non-hydrogen) atoms. The zero-order valence-corrected chi connectivity index (χ0v) is 17.3. The Morgan fingerprint density at radius 2 is 1.86 bits per heavy atom. The highest BCUT2D eigenvalue weighted by Gasteiger charge is 2.19. The monoisotopic (exact) mass is 401 g/mol. The minimum absolute atomic E-state index is 0.0898. The van der Waals surface area contributed by atoms with Gasteiger partial charge in [-0.1, -0.05) is 0 Å². The summed E-state index contributed by atoms with van der Waals surface area (Å²) in [6.07, 6.45) is 3.26. The molecule has 2 heterocycles. The molecule has 1 aromatic carbocycles. The summed E-state index contributed by atoms with van der Waals surface area (Å²) in [6.45, 7) is 7.51. The van der Waals surface area contributed by atoms with Crippen LogP contribution in [0.3, 0.4) is 0 Å². The van der Waals surface area contributed by atoms with Gasteiger partial charge in [0.1, 0.15) is 0 Å². The number of carbonyl (C=O) groups is 1. The standard InChI is InChI=1S/C19H23N5O3S/c1-11(2)24-18-15(9-22-24)7-16(10-21-18)23-19(25)14-6-12(3)13(4)17(8-14)28(26,27)20-5/h6-11,20H,1-5H3,(H,23,25). The second-order valence-corrected chi connectivity index (χ2v) is 8.75. The lowest BCUT2D eigenvalue weighted by Gasteiger charge is -2.12. The number of hydrogen-bond donors (Lipinski definition) is 2. The van der Waals surface area contributed by atoms with Gasteiger partial charge in [0.05, 0.1) is 23.0 Å². The summed E-state index contributed by atoms with van der Waals surface area (Å²) in [5.74, 6) is -0.409. The van der Waals surface area contributed by atoms with Gasteiger partial charge in [-0.05, 0) is 64.1 Å². The molecule has 0 radical (unpaired) electrons. The van der Waals surface area contributed by atoms with Crippen LogP contribution in [0.5, 0.6) is 0 Å². The first-order valence-electron chi connectivity index (χ1n) is 8.83. The molecule has 0 atom stereocenters. The number of hydrogen-bond acceptors (Lipinski definition) is 5. The molecule has 2 N–H and O–H groups in total. The van der Waals surface area contributed by atoms with Crippen molar-refractivity contribution in [3.63, 3.8) is 0 Å². The van der Waals surface area contributed by atoms with Gasteiger partial charge in [-0.2, -0.15) is 5.10 Å². The van der Waals surface area contributed by atoms with E-state index in [1.807, 2.05) is 13.8 Å². The third kappa shape index (κ3) is 3.63. The number of nitrogens with zero attached hydrogens (tertiary/aromatic N) is 3. The summed E-state index contributed by atoms with van der Waals surface area (Å²) >= 11 is 0. The minimum Gasteiger partial charge on any atom is -0.321 e. The summed E-state index contributed by atoms with van der Waals surface area (Å²) in [5, 5.41) is 7.90. The van der Waals surface area contributed by atoms with Crippen LogP contribution in [0.1, 0.15) is 41.4 Å². The lowest BCUT2D eigenvalue weighted by Crippen LogP contribution is -2.21. The third-order valence-corrected chi connectivity index (χ3v) is 6.16. The topological polar surface area (TPSA) is 106 Å². The van der Waals surface area contributed by atoms with Gasteiger partial charge in [0.15, 0.2) is 5.65 Å². The lowest BCUT2D eigenvalue weighted by atomic mass is 10.1. The zero-order valence-electron chi connectivity index (χ0n) is 16.4. The SMILES string of the molecule is CNS(=O)(=O)c1cc(C(=O)Nc2cnc3c(cnn3C(C)C)c2)cc(C)c1C. The molecule has 3 rings (SSSR count). The van der Waals surface area contributed by atoms with Gasteiger partial charge in [-0.15, -0.1) is 0 Å². The molecule has 0 fully saturated rings. The molecule has 0 aliphatic heterocycles.